The zero-order valence-corrected chi connectivity index (χ0v) is 17.3. The quantitative estimate of drug-likeness (QED) is 0.632. The molecule has 0 spiro atoms. The van der Waals surface area contributed by atoms with Crippen LogP contribution in [-0.4, -0.2) is 40.6 Å². The summed E-state index contributed by atoms with van der Waals surface area (Å²) in [7, 11) is 3.21. The molecule has 1 aromatic carbocycles. The summed E-state index contributed by atoms with van der Waals surface area (Å²) in [6, 6.07) is 5.01. The number of carbonyl (C=O) groups is 1. The standard InChI is InChI=1S/C22H23F3N4O2/c1-28-11-8-15-19(28)16(21(30)29-9-4-3-5-10-29)13-26-20(15)27-17-12-14(22(23,24)25)6-7-18(17)31-2/h6-8,11-13H,3-5,9-10H2,1-2H3,(H,26,27). The normalized spacial score (nSPS) is 14.7. The number of methoxy groups -OCH3 is 1. The lowest BCUT2D eigenvalue weighted by Crippen LogP contribution is -2.35. The number of likely N-dealkylation sites (tertiary alicyclic amines) is 1. The van der Waals surface area contributed by atoms with E-state index in [9.17, 15) is 18.0 Å². The number of fused-ring (bicyclic) bond motifs is 1. The summed E-state index contributed by atoms with van der Waals surface area (Å²) in [6.07, 6.45) is 1.87. The predicted molar refractivity (Wildman–Crippen MR) is 112 cm³/mol. The second-order valence-corrected chi connectivity index (χ2v) is 7.60. The first-order valence-electron chi connectivity index (χ1n) is 10.0. The Labute approximate surface area is 177 Å². The minimum Gasteiger partial charge on any atom is -0.495 e. The average molecular weight is 432 g/mol. The first kappa shape index (κ1) is 21.0. The van der Waals surface area contributed by atoms with E-state index in [0.717, 1.165) is 31.4 Å². The number of anilines is 2. The molecule has 1 saturated heterocycles. The van der Waals surface area contributed by atoms with Crippen molar-refractivity contribution in [2.75, 3.05) is 25.5 Å². The SMILES string of the molecule is COc1ccc(C(F)(F)F)cc1Nc1ncc(C(=O)N2CCCCC2)c2c1ccn2C. The number of aryl methyl sites for hydroxylation is 1. The van der Waals surface area contributed by atoms with E-state index >= 15 is 0 Å². The van der Waals surface area contributed by atoms with Crippen molar-refractivity contribution in [2.24, 2.45) is 7.05 Å². The van der Waals surface area contributed by atoms with Crippen molar-refractivity contribution in [3.05, 3.63) is 47.8 Å². The van der Waals surface area contributed by atoms with E-state index in [4.69, 9.17) is 4.74 Å². The number of pyridine rings is 1. The lowest BCUT2D eigenvalue weighted by atomic mass is 10.1. The van der Waals surface area contributed by atoms with E-state index in [-0.39, 0.29) is 17.3 Å². The third-order valence-electron chi connectivity index (χ3n) is 5.56. The van der Waals surface area contributed by atoms with Gasteiger partial charge in [0.2, 0.25) is 0 Å². The van der Waals surface area contributed by atoms with Gasteiger partial charge in [0.25, 0.3) is 5.91 Å². The van der Waals surface area contributed by atoms with Gasteiger partial charge in [-0.05, 0) is 43.5 Å². The molecule has 1 fully saturated rings. The van der Waals surface area contributed by atoms with Gasteiger partial charge in [-0.1, -0.05) is 0 Å². The van der Waals surface area contributed by atoms with Crippen LogP contribution < -0.4 is 10.1 Å². The Kier molecular flexibility index (Phi) is 5.51. The van der Waals surface area contributed by atoms with Crippen LogP contribution in [0, 0.1) is 0 Å². The predicted octanol–water partition coefficient (Wildman–Crippen LogP) is 4.97. The number of hydrogen-bond donors (Lipinski definition) is 1. The average Bonchev–Trinajstić information content (AvgIpc) is 3.15. The highest BCUT2D eigenvalue weighted by Crippen LogP contribution is 2.37. The molecule has 0 saturated carbocycles. The highest BCUT2D eigenvalue weighted by molar-refractivity contribution is 6.08. The lowest BCUT2D eigenvalue weighted by molar-refractivity contribution is -0.137. The molecule has 2 aromatic heterocycles. The van der Waals surface area contributed by atoms with Gasteiger partial charge in [0, 0.05) is 37.9 Å². The Morgan fingerprint density at radius 1 is 1.16 bits per heavy atom. The molecule has 0 radical (unpaired) electrons. The number of ether oxygens (including phenoxy) is 1. The van der Waals surface area contributed by atoms with Crippen molar-refractivity contribution in [3.8, 4) is 5.75 Å². The molecule has 1 amide bonds. The minimum atomic E-state index is -4.48. The first-order chi connectivity index (χ1) is 14.8. The van der Waals surface area contributed by atoms with Crippen LogP contribution in [-0.2, 0) is 13.2 Å². The second-order valence-electron chi connectivity index (χ2n) is 7.60. The first-order valence-corrected chi connectivity index (χ1v) is 10.0. The smallest absolute Gasteiger partial charge is 0.416 e. The zero-order chi connectivity index (χ0) is 22.2. The Morgan fingerprint density at radius 3 is 2.58 bits per heavy atom. The van der Waals surface area contributed by atoms with Crippen LogP contribution in [0.1, 0.15) is 35.2 Å². The van der Waals surface area contributed by atoms with E-state index in [1.54, 1.807) is 12.3 Å². The summed E-state index contributed by atoms with van der Waals surface area (Å²) >= 11 is 0. The van der Waals surface area contributed by atoms with Crippen LogP contribution >= 0.6 is 0 Å². The number of nitrogens with one attached hydrogen (secondary N) is 1. The molecular formula is C22H23F3N4O2. The molecule has 9 heteroatoms. The van der Waals surface area contributed by atoms with E-state index in [1.807, 2.05) is 16.5 Å². The number of piperidine rings is 1. The number of amides is 1. The number of nitrogens with zero attached hydrogens (tertiary/aromatic N) is 3. The summed E-state index contributed by atoms with van der Waals surface area (Å²) in [6.45, 7) is 1.43. The number of benzene rings is 1. The minimum absolute atomic E-state index is 0.0813. The molecule has 3 heterocycles. The van der Waals surface area contributed by atoms with Crippen molar-refractivity contribution in [1.29, 1.82) is 0 Å². The maximum absolute atomic E-state index is 13.2. The van der Waals surface area contributed by atoms with Gasteiger partial charge in [-0.15, -0.1) is 0 Å². The van der Waals surface area contributed by atoms with Crippen molar-refractivity contribution in [1.82, 2.24) is 14.5 Å². The van der Waals surface area contributed by atoms with Crippen LogP contribution in [0.25, 0.3) is 10.9 Å². The maximum atomic E-state index is 13.2. The lowest BCUT2D eigenvalue weighted by Gasteiger charge is -2.27. The van der Waals surface area contributed by atoms with E-state index in [1.165, 1.54) is 19.4 Å². The van der Waals surface area contributed by atoms with Crippen molar-refractivity contribution in [2.45, 2.75) is 25.4 Å². The maximum Gasteiger partial charge on any atom is 0.416 e. The van der Waals surface area contributed by atoms with Crippen LogP contribution in [0.3, 0.4) is 0 Å². The van der Waals surface area contributed by atoms with Gasteiger partial charge in [-0.2, -0.15) is 13.2 Å². The van der Waals surface area contributed by atoms with Crippen molar-refractivity contribution < 1.29 is 22.7 Å². The van der Waals surface area contributed by atoms with Crippen LogP contribution in [0.2, 0.25) is 0 Å². The third-order valence-corrected chi connectivity index (χ3v) is 5.56. The van der Waals surface area contributed by atoms with Crippen molar-refractivity contribution in [3.63, 3.8) is 0 Å². The van der Waals surface area contributed by atoms with Gasteiger partial charge in [0.1, 0.15) is 11.6 Å². The highest BCUT2D eigenvalue weighted by atomic mass is 19.4. The fraction of sp³-hybridized carbons (Fsp3) is 0.364. The van der Waals surface area contributed by atoms with Crippen LogP contribution in [0.4, 0.5) is 24.7 Å². The second kappa shape index (κ2) is 8.13. The number of aromatic nitrogens is 2. The molecule has 0 atom stereocenters. The molecule has 3 aromatic rings. The molecule has 1 aliphatic heterocycles. The van der Waals surface area contributed by atoms with Gasteiger partial charge < -0.3 is 19.5 Å². The summed E-state index contributed by atoms with van der Waals surface area (Å²) in [5, 5.41) is 3.61. The molecular weight excluding hydrogens is 409 g/mol. The van der Waals surface area contributed by atoms with Gasteiger partial charge in [-0.3, -0.25) is 4.79 Å². The molecule has 4 rings (SSSR count). The Balaban J connectivity index is 1.75. The monoisotopic (exact) mass is 432 g/mol. The number of alkyl halides is 3. The van der Waals surface area contributed by atoms with Crippen LogP contribution in [0.15, 0.2) is 36.7 Å². The molecule has 0 unspecified atom stereocenters. The molecule has 6 nitrogen and oxygen atoms in total. The molecule has 1 aliphatic rings. The summed E-state index contributed by atoms with van der Waals surface area (Å²) in [4.78, 5) is 19.3. The van der Waals surface area contributed by atoms with Gasteiger partial charge >= 0.3 is 6.18 Å². The number of hydrogen-bond acceptors (Lipinski definition) is 4. The molecule has 0 bridgehead atoms. The molecule has 0 aliphatic carbocycles. The third kappa shape index (κ3) is 4.04. The summed E-state index contributed by atoms with van der Waals surface area (Å²) < 4.78 is 46.6. The zero-order valence-electron chi connectivity index (χ0n) is 17.3. The number of halogens is 3. The van der Waals surface area contributed by atoms with Crippen molar-refractivity contribution >= 4 is 28.3 Å². The Bertz CT molecular complexity index is 1120. The van der Waals surface area contributed by atoms with Gasteiger partial charge in [-0.25, -0.2) is 4.98 Å². The van der Waals surface area contributed by atoms with Crippen LogP contribution in [0.5, 0.6) is 5.75 Å². The highest BCUT2D eigenvalue weighted by Gasteiger charge is 2.31. The molecule has 164 valence electrons. The van der Waals surface area contributed by atoms with Gasteiger partial charge in [0.15, 0.2) is 0 Å². The van der Waals surface area contributed by atoms with E-state index in [2.05, 4.69) is 10.3 Å². The van der Waals surface area contributed by atoms with E-state index in [0.29, 0.717) is 35.4 Å². The number of rotatable bonds is 4. The van der Waals surface area contributed by atoms with Gasteiger partial charge in [0.05, 0.1) is 29.4 Å². The molecule has 31 heavy (non-hydrogen) atoms. The molecule has 1 N–H and O–H groups in total. The Hall–Kier alpha value is -3.23. The fourth-order valence-corrected chi connectivity index (χ4v) is 3.95. The summed E-state index contributed by atoms with van der Waals surface area (Å²) in [5.74, 6) is 0.526. The fourth-order valence-electron chi connectivity index (χ4n) is 3.95. The summed E-state index contributed by atoms with van der Waals surface area (Å²) in [5.41, 5.74) is 0.507. The Morgan fingerprint density at radius 2 is 1.90 bits per heavy atom. The van der Waals surface area contributed by atoms with E-state index < -0.39 is 11.7 Å². The largest absolute Gasteiger partial charge is 0.495 e. The topological polar surface area (TPSA) is 59.4 Å². The number of carbonyl (C=O) groups excluding carboxylic acids is 1.